The third kappa shape index (κ3) is 4.59. The quantitative estimate of drug-likeness (QED) is 0.582. The summed E-state index contributed by atoms with van der Waals surface area (Å²) in [5.74, 6) is 0. The van der Waals surface area contributed by atoms with Crippen molar-refractivity contribution in [3.63, 3.8) is 0 Å². The molecule has 0 saturated heterocycles. The minimum Gasteiger partial charge on any atom is -0.364 e. The SMILES string of the molecule is N#Cc1ccc2c(c1)CN(S(=O)(=O)C1CCCC1)C(Cc1ccccc1)CN2Cc1cnc[nH]1. The van der Waals surface area contributed by atoms with Crippen molar-refractivity contribution >= 4 is 15.7 Å². The van der Waals surface area contributed by atoms with Crippen molar-refractivity contribution in [2.24, 2.45) is 0 Å². The monoisotopic (exact) mass is 475 g/mol. The average Bonchev–Trinajstić information content (AvgIpc) is 3.55. The van der Waals surface area contributed by atoms with Crippen LogP contribution in [0.3, 0.4) is 0 Å². The number of nitriles is 1. The van der Waals surface area contributed by atoms with E-state index < -0.39 is 10.0 Å². The molecule has 3 aromatic rings. The zero-order chi connectivity index (χ0) is 23.5. The number of nitrogens with zero attached hydrogens (tertiary/aromatic N) is 4. The molecule has 1 fully saturated rings. The molecule has 0 amide bonds. The first kappa shape index (κ1) is 22.6. The number of fused-ring (bicyclic) bond motifs is 1. The molecule has 1 N–H and O–H groups in total. The summed E-state index contributed by atoms with van der Waals surface area (Å²) in [6.45, 7) is 1.42. The third-order valence-electron chi connectivity index (χ3n) is 6.99. The van der Waals surface area contributed by atoms with Crippen molar-refractivity contribution in [2.75, 3.05) is 11.4 Å². The van der Waals surface area contributed by atoms with E-state index in [9.17, 15) is 13.7 Å². The maximum absolute atomic E-state index is 14.0. The van der Waals surface area contributed by atoms with Crippen LogP contribution >= 0.6 is 0 Å². The number of benzene rings is 2. The molecule has 2 aromatic carbocycles. The molecule has 7 nitrogen and oxygen atoms in total. The summed E-state index contributed by atoms with van der Waals surface area (Å²) in [4.78, 5) is 9.55. The van der Waals surface area contributed by atoms with Crippen LogP contribution in [-0.2, 0) is 29.5 Å². The molecule has 1 unspecified atom stereocenters. The molecule has 1 atom stereocenters. The Kier molecular flexibility index (Phi) is 6.40. The second kappa shape index (κ2) is 9.61. The minimum atomic E-state index is -3.50. The van der Waals surface area contributed by atoms with Crippen molar-refractivity contribution in [1.29, 1.82) is 5.26 Å². The zero-order valence-electron chi connectivity index (χ0n) is 19.1. The number of hydrogen-bond donors (Lipinski definition) is 1. The number of aromatic nitrogens is 2. The molecule has 0 radical (unpaired) electrons. The topological polar surface area (TPSA) is 93.1 Å². The van der Waals surface area contributed by atoms with E-state index in [2.05, 4.69) is 33.1 Å². The number of hydrogen-bond acceptors (Lipinski definition) is 5. The Morgan fingerprint density at radius 3 is 2.62 bits per heavy atom. The van der Waals surface area contributed by atoms with E-state index in [1.165, 1.54) is 0 Å². The fraction of sp³-hybridized carbons (Fsp3) is 0.385. The average molecular weight is 476 g/mol. The van der Waals surface area contributed by atoms with Crippen LogP contribution in [0.2, 0.25) is 0 Å². The first-order valence-corrected chi connectivity index (χ1v) is 13.3. The van der Waals surface area contributed by atoms with Crippen molar-refractivity contribution in [2.45, 2.75) is 56.5 Å². The molecule has 0 spiro atoms. The lowest BCUT2D eigenvalue weighted by Gasteiger charge is -2.33. The number of rotatable bonds is 6. The van der Waals surface area contributed by atoms with Crippen LogP contribution in [0.25, 0.3) is 0 Å². The molecule has 2 aliphatic rings. The summed E-state index contributed by atoms with van der Waals surface area (Å²) in [5.41, 5.74) is 4.46. The second-order valence-corrected chi connectivity index (χ2v) is 11.4. The molecule has 1 aliphatic heterocycles. The van der Waals surface area contributed by atoms with Crippen LogP contribution in [-0.4, -0.2) is 40.5 Å². The van der Waals surface area contributed by atoms with E-state index in [0.29, 0.717) is 25.1 Å². The molecule has 5 rings (SSSR count). The van der Waals surface area contributed by atoms with Gasteiger partial charge in [-0.3, -0.25) is 0 Å². The predicted octanol–water partition coefficient (Wildman–Crippen LogP) is 3.99. The summed E-state index contributed by atoms with van der Waals surface area (Å²) >= 11 is 0. The van der Waals surface area contributed by atoms with Gasteiger partial charge in [-0.15, -0.1) is 0 Å². The van der Waals surface area contributed by atoms with Crippen molar-refractivity contribution in [3.8, 4) is 6.07 Å². The van der Waals surface area contributed by atoms with Gasteiger partial charge < -0.3 is 9.88 Å². The molecule has 0 bridgehead atoms. The molecule has 2 heterocycles. The van der Waals surface area contributed by atoms with Gasteiger partial charge in [0.25, 0.3) is 0 Å². The number of nitrogens with one attached hydrogen (secondary N) is 1. The molecule has 176 valence electrons. The van der Waals surface area contributed by atoms with Gasteiger partial charge in [-0.2, -0.15) is 9.57 Å². The van der Waals surface area contributed by atoms with Gasteiger partial charge in [0.05, 0.1) is 35.4 Å². The summed E-state index contributed by atoms with van der Waals surface area (Å²) in [5, 5.41) is 9.19. The Bertz CT molecular complexity index is 1260. The Morgan fingerprint density at radius 1 is 1.12 bits per heavy atom. The minimum absolute atomic E-state index is 0.228. The lowest BCUT2D eigenvalue weighted by Crippen LogP contribution is -2.48. The predicted molar refractivity (Wildman–Crippen MR) is 131 cm³/mol. The highest BCUT2D eigenvalue weighted by atomic mass is 32.2. The highest BCUT2D eigenvalue weighted by Crippen LogP contribution is 2.35. The molecular weight excluding hydrogens is 446 g/mol. The zero-order valence-corrected chi connectivity index (χ0v) is 19.9. The van der Waals surface area contributed by atoms with Crippen LogP contribution in [0.15, 0.2) is 61.1 Å². The highest BCUT2D eigenvalue weighted by Gasteiger charge is 2.40. The van der Waals surface area contributed by atoms with E-state index in [4.69, 9.17) is 0 Å². The number of H-pyrrole nitrogens is 1. The summed E-state index contributed by atoms with van der Waals surface area (Å²) in [6, 6.07) is 17.7. The van der Waals surface area contributed by atoms with E-state index in [1.807, 2.05) is 36.4 Å². The molecule has 1 saturated carbocycles. The van der Waals surface area contributed by atoms with Gasteiger partial charge in [-0.25, -0.2) is 13.4 Å². The maximum Gasteiger partial charge on any atom is 0.217 e. The molecule has 1 aromatic heterocycles. The molecule has 8 heteroatoms. The number of imidazole rings is 1. The van der Waals surface area contributed by atoms with Gasteiger partial charge in [0.15, 0.2) is 0 Å². The van der Waals surface area contributed by atoms with Crippen molar-refractivity contribution in [1.82, 2.24) is 14.3 Å². The first-order chi connectivity index (χ1) is 16.5. The molecule has 34 heavy (non-hydrogen) atoms. The number of sulfonamides is 1. The highest BCUT2D eigenvalue weighted by molar-refractivity contribution is 7.89. The summed E-state index contributed by atoms with van der Waals surface area (Å²) in [6.07, 6.45) is 7.45. The van der Waals surface area contributed by atoms with Gasteiger partial charge in [0, 0.05) is 31.0 Å². The summed E-state index contributed by atoms with van der Waals surface area (Å²) < 4.78 is 29.6. The van der Waals surface area contributed by atoms with E-state index in [1.54, 1.807) is 16.8 Å². The largest absolute Gasteiger partial charge is 0.364 e. The van der Waals surface area contributed by atoms with Gasteiger partial charge in [0.2, 0.25) is 10.0 Å². The second-order valence-electron chi connectivity index (χ2n) is 9.25. The van der Waals surface area contributed by atoms with Crippen LogP contribution in [0.5, 0.6) is 0 Å². The lowest BCUT2D eigenvalue weighted by molar-refractivity contribution is 0.313. The Morgan fingerprint density at radius 2 is 1.91 bits per heavy atom. The number of aromatic amines is 1. The lowest BCUT2D eigenvalue weighted by atomic mass is 10.1. The standard InChI is InChI=1S/C26H29N5O2S/c27-14-21-10-11-26-22(12-21)16-31(34(32,33)25-8-4-5-9-25)24(13-20-6-2-1-3-7-20)18-30(26)17-23-15-28-19-29-23/h1-3,6-7,10-12,15,19,24-25H,4-5,8-9,13,16-18H2,(H,28,29). The van der Waals surface area contributed by atoms with Crippen LogP contribution < -0.4 is 4.90 Å². The van der Waals surface area contributed by atoms with Crippen molar-refractivity contribution in [3.05, 3.63) is 83.4 Å². The molecule has 1 aliphatic carbocycles. The fourth-order valence-electron chi connectivity index (χ4n) is 5.29. The Hall–Kier alpha value is -3.15. The first-order valence-electron chi connectivity index (χ1n) is 11.8. The molecular formula is C26H29N5O2S. The third-order valence-corrected chi connectivity index (χ3v) is 9.39. The Balaban J connectivity index is 1.59. The Labute approximate surface area is 201 Å². The number of anilines is 1. The van der Waals surface area contributed by atoms with Gasteiger partial charge in [-0.1, -0.05) is 43.2 Å². The van der Waals surface area contributed by atoms with Gasteiger partial charge in [0.1, 0.15) is 0 Å². The van der Waals surface area contributed by atoms with Crippen molar-refractivity contribution < 1.29 is 8.42 Å². The van der Waals surface area contributed by atoms with E-state index >= 15 is 0 Å². The normalized spacial score (nSPS) is 19.5. The smallest absolute Gasteiger partial charge is 0.217 e. The van der Waals surface area contributed by atoms with Gasteiger partial charge in [-0.05, 0) is 48.6 Å². The maximum atomic E-state index is 14.0. The van der Waals surface area contributed by atoms with Crippen LogP contribution in [0, 0.1) is 11.3 Å². The van der Waals surface area contributed by atoms with Gasteiger partial charge >= 0.3 is 0 Å². The van der Waals surface area contributed by atoms with E-state index in [0.717, 1.165) is 48.2 Å². The summed E-state index contributed by atoms with van der Waals surface area (Å²) in [7, 11) is -3.50. The fourth-order valence-corrected chi connectivity index (χ4v) is 7.47. The van der Waals surface area contributed by atoms with E-state index in [-0.39, 0.29) is 17.8 Å². The van der Waals surface area contributed by atoms with Crippen LogP contribution in [0.4, 0.5) is 5.69 Å². The van der Waals surface area contributed by atoms with Crippen LogP contribution in [0.1, 0.15) is 48.1 Å².